The van der Waals surface area contributed by atoms with E-state index in [0.29, 0.717) is 0 Å². The SMILES string of the molecule is C=C/C=C(\C=C/CC=C)C1=CCC(C)(CC)/C(=C\CC)C1(C)C=C. The van der Waals surface area contributed by atoms with Gasteiger partial charge < -0.3 is 0 Å². The van der Waals surface area contributed by atoms with Gasteiger partial charge in [-0.3, -0.25) is 0 Å². The van der Waals surface area contributed by atoms with Crippen molar-refractivity contribution >= 4 is 0 Å². The van der Waals surface area contributed by atoms with Crippen molar-refractivity contribution in [2.75, 3.05) is 0 Å². The van der Waals surface area contributed by atoms with Crippen molar-refractivity contribution in [2.24, 2.45) is 10.8 Å². The van der Waals surface area contributed by atoms with Gasteiger partial charge in [-0.2, -0.15) is 0 Å². The molecule has 0 saturated carbocycles. The first-order valence-electron chi connectivity index (χ1n) is 9.09. The smallest absolute Gasteiger partial charge is 0.0318 e. The van der Waals surface area contributed by atoms with Crippen LogP contribution in [0.2, 0.25) is 0 Å². The van der Waals surface area contributed by atoms with E-state index in [1.807, 2.05) is 12.2 Å². The summed E-state index contributed by atoms with van der Waals surface area (Å²) in [5, 5.41) is 0. The van der Waals surface area contributed by atoms with E-state index >= 15 is 0 Å². The van der Waals surface area contributed by atoms with Crippen LogP contribution >= 0.6 is 0 Å². The third-order valence-corrected chi connectivity index (χ3v) is 5.33. The summed E-state index contributed by atoms with van der Waals surface area (Å²) in [6, 6.07) is 0. The van der Waals surface area contributed by atoms with Gasteiger partial charge in [0.2, 0.25) is 0 Å². The molecule has 0 aromatic carbocycles. The fourth-order valence-corrected chi connectivity index (χ4v) is 3.71. The molecule has 2 atom stereocenters. The summed E-state index contributed by atoms with van der Waals surface area (Å²) in [6.45, 7) is 21.1. The fourth-order valence-electron chi connectivity index (χ4n) is 3.71. The van der Waals surface area contributed by atoms with Crippen LogP contribution in [0.1, 0.15) is 53.4 Å². The normalized spacial score (nSPS) is 29.6. The van der Waals surface area contributed by atoms with Gasteiger partial charge in [0, 0.05) is 5.41 Å². The molecule has 0 bridgehead atoms. The Bertz CT molecular complexity index is 594. The van der Waals surface area contributed by atoms with Crippen LogP contribution in [0.5, 0.6) is 0 Å². The van der Waals surface area contributed by atoms with Crippen molar-refractivity contribution < 1.29 is 0 Å². The van der Waals surface area contributed by atoms with Crippen molar-refractivity contribution in [3.63, 3.8) is 0 Å². The third kappa shape index (κ3) is 3.98. The van der Waals surface area contributed by atoms with Crippen molar-refractivity contribution in [3.8, 4) is 0 Å². The van der Waals surface area contributed by atoms with Gasteiger partial charge in [0.05, 0.1) is 0 Å². The standard InChI is InChI=1S/C24H34/c1-8-13-14-17-20(15-9-2)21-18-19-23(6,11-4)22(16-10-3)24(21,7)12-5/h8-9,12,14-18H,1-2,5,10-11,13,19H2,3-4,6-7H3/b17-14-,20-15+,22-16+. The molecule has 0 amide bonds. The van der Waals surface area contributed by atoms with Crippen molar-refractivity contribution in [1.82, 2.24) is 0 Å². The minimum Gasteiger partial charge on any atom is -0.103 e. The molecule has 0 aliphatic heterocycles. The number of allylic oxidation sites excluding steroid dienone is 11. The lowest BCUT2D eigenvalue weighted by atomic mass is 9.57. The lowest BCUT2D eigenvalue weighted by Crippen LogP contribution is -2.35. The predicted molar refractivity (Wildman–Crippen MR) is 110 cm³/mol. The zero-order valence-corrected chi connectivity index (χ0v) is 16.1. The molecule has 1 aliphatic carbocycles. The summed E-state index contributed by atoms with van der Waals surface area (Å²) in [6.07, 6.45) is 21.3. The Morgan fingerprint density at radius 3 is 2.42 bits per heavy atom. The Morgan fingerprint density at radius 1 is 1.21 bits per heavy atom. The Morgan fingerprint density at radius 2 is 1.92 bits per heavy atom. The molecule has 0 heterocycles. The van der Waals surface area contributed by atoms with Gasteiger partial charge >= 0.3 is 0 Å². The molecular weight excluding hydrogens is 288 g/mol. The van der Waals surface area contributed by atoms with E-state index in [1.165, 1.54) is 16.7 Å². The second-order valence-electron chi connectivity index (χ2n) is 6.95. The number of hydrogen-bond acceptors (Lipinski definition) is 0. The van der Waals surface area contributed by atoms with E-state index in [-0.39, 0.29) is 10.8 Å². The van der Waals surface area contributed by atoms with E-state index in [0.717, 1.165) is 25.7 Å². The zero-order valence-electron chi connectivity index (χ0n) is 16.1. The predicted octanol–water partition coefficient (Wildman–Crippen LogP) is 7.51. The van der Waals surface area contributed by atoms with Crippen LogP contribution in [0.15, 0.2) is 85.1 Å². The molecule has 1 rings (SSSR count). The second kappa shape index (κ2) is 8.87. The van der Waals surface area contributed by atoms with Crippen LogP contribution < -0.4 is 0 Å². The summed E-state index contributed by atoms with van der Waals surface area (Å²) in [7, 11) is 0. The van der Waals surface area contributed by atoms with Gasteiger partial charge in [-0.1, -0.05) is 81.5 Å². The van der Waals surface area contributed by atoms with Gasteiger partial charge in [0.15, 0.2) is 0 Å². The van der Waals surface area contributed by atoms with Crippen molar-refractivity contribution in [2.45, 2.75) is 53.4 Å². The quantitative estimate of drug-likeness (QED) is 0.320. The van der Waals surface area contributed by atoms with Crippen molar-refractivity contribution in [3.05, 3.63) is 85.1 Å². The van der Waals surface area contributed by atoms with Crippen LogP contribution in [0.4, 0.5) is 0 Å². The van der Waals surface area contributed by atoms with Crippen LogP contribution in [0.3, 0.4) is 0 Å². The van der Waals surface area contributed by atoms with E-state index in [1.54, 1.807) is 0 Å². The Balaban J connectivity index is 3.53. The molecule has 2 unspecified atom stereocenters. The lowest BCUT2D eigenvalue weighted by Gasteiger charge is -2.47. The highest BCUT2D eigenvalue weighted by molar-refractivity contribution is 5.55. The van der Waals surface area contributed by atoms with E-state index in [2.05, 4.69) is 83.9 Å². The maximum Gasteiger partial charge on any atom is 0.0318 e. The second-order valence-corrected chi connectivity index (χ2v) is 6.95. The zero-order chi connectivity index (χ0) is 18.2. The molecule has 0 fully saturated rings. The van der Waals surface area contributed by atoms with Crippen LogP contribution in [0.25, 0.3) is 0 Å². The highest BCUT2D eigenvalue weighted by atomic mass is 14.5. The largest absolute Gasteiger partial charge is 0.103 e. The van der Waals surface area contributed by atoms with Crippen LogP contribution in [-0.2, 0) is 0 Å². The van der Waals surface area contributed by atoms with Gasteiger partial charge in [-0.15, -0.1) is 13.2 Å². The van der Waals surface area contributed by atoms with Gasteiger partial charge in [-0.25, -0.2) is 0 Å². The van der Waals surface area contributed by atoms with Crippen molar-refractivity contribution in [1.29, 1.82) is 0 Å². The summed E-state index contributed by atoms with van der Waals surface area (Å²) in [5.74, 6) is 0. The maximum atomic E-state index is 4.20. The topological polar surface area (TPSA) is 0 Å². The minimum absolute atomic E-state index is 0.146. The van der Waals surface area contributed by atoms with Gasteiger partial charge in [0.25, 0.3) is 0 Å². The molecule has 24 heavy (non-hydrogen) atoms. The number of rotatable bonds is 8. The average molecular weight is 323 g/mol. The first kappa shape index (κ1) is 20.2. The van der Waals surface area contributed by atoms with Crippen LogP contribution in [-0.4, -0.2) is 0 Å². The highest BCUT2D eigenvalue weighted by Crippen LogP contribution is 2.55. The Hall–Kier alpha value is -1.82. The van der Waals surface area contributed by atoms with E-state index < -0.39 is 0 Å². The average Bonchev–Trinajstić information content (AvgIpc) is 2.58. The monoisotopic (exact) mass is 322 g/mol. The molecule has 0 spiro atoms. The summed E-state index contributed by atoms with van der Waals surface area (Å²) in [5.41, 5.74) is 4.11. The Kier molecular flexibility index (Phi) is 7.48. The minimum atomic E-state index is -0.146. The molecule has 1 aliphatic rings. The van der Waals surface area contributed by atoms with E-state index in [4.69, 9.17) is 0 Å². The fraction of sp³-hybridized carbons (Fsp3) is 0.417. The molecule has 0 aromatic rings. The maximum absolute atomic E-state index is 4.20. The number of hydrogen-bond donors (Lipinski definition) is 0. The highest BCUT2D eigenvalue weighted by Gasteiger charge is 2.43. The molecule has 0 nitrogen and oxygen atoms in total. The summed E-state index contributed by atoms with van der Waals surface area (Å²) < 4.78 is 0. The first-order valence-corrected chi connectivity index (χ1v) is 9.09. The van der Waals surface area contributed by atoms with Crippen LogP contribution in [0, 0.1) is 10.8 Å². The van der Waals surface area contributed by atoms with Gasteiger partial charge in [0.1, 0.15) is 0 Å². The molecule has 0 radical (unpaired) electrons. The molecule has 0 heteroatoms. The molecular formula is C24H34. The molecule has 130 valence electrons. The summed E-state index contributed by atoms with van der Waals surface area (Å²) in [4.78, 5) is 0. The molecule has 0 N–H and O–H groups in total. The molecule has 0 aromatic heterocycles. The van der Waals surface area contributed by atoms with Gasteiger partial charge in [-0.05, 0) is 49.2 Å². The first-order chi connectivity index (χ1) is 11.4. The third-order valence-electron chi connectivity index (χ3n) is 5.33. The lowest BCUT2D eigenvalue weighted by molar-refractivity contribution is 0.311. The summed E-state index contributed by atoms with van der Waals surface area (Å²) >= 11 is 0. The van der Waals surface area contributed by atoms with E-state index in [9.17, 15) is 0 Å². The Labute approximate surface area is 149 Å². The molecule has 0 saturated heterocycles.